The van der Waals surface area contributed by atoms with Crippen LogP contribution in [0.5, 0.6) is 0 Å². The van der Waals surface area contributed by atoms with Crippen molar-refractivity contribution in [2.45, 2.75) is 122 Å². The molecule has 1 aliphatic heterocycles. The van der Waals surface area contributed by atoms with Crippen LogP contribution >= 0.6 is 0 Å². The summed E-state index contributed by atoms with van der Waals surface area (Å²) in [7, 11) is 0. The number of hydrogen-bond acceptors (Lipinski definition) is 5. The van der Waals surface area contributed by atoms with Crippen LogP contribution in [0.3, 0.4) is 0 Å². The van der Waals surface area contributed by atoms with E-state index in [4.69, 9.17) is 15.6 Å². The number of nitrogens with one attached hydrogen (secondary N) is 1. The van der Waals surface area contributed by atoms with E-state index >= 15 is 0 Å². The van der Waals surface area contributed by atoms with Crippen molar-refractivity contribution in [3.63, 3.8) is 0 Å². The zero-order valence-electron chi connectivity index (χ0n) is 19.7. The van der Waals surface area contributed by atoms with E-state index in [1.54, 1.807) is 0 Å². The van der Waals surface area contributed by atoms with E-state index < -0.39 is 12.0 Å². The molecule has 1 fully saturated rings. The molecule has 0 aromatic heterocycles. The van der Waals surface area contributed by atoms with Gasteiger partial charge < -0.3 is 20.9 Å². The molecule has 1 heterocycles. The fourth-order valence-electron chi connectivity index (χ4n) is 3.47. The monoisotopic (exact) mass is 442 g/mol. The van der Waals surface area contributed by atoms with Crippen molar-refractivity contribution in [1.29, 1.82) is 0 Å². The fourth-order valence-corrected chi connectivity index (χ4v) is 3.47. The third kappa shape index (κ3) is 20.0. The van der Waals surface area contributed by atoms with Gasteiger partial charge in [0.15, 0.2) is 0 Å². The number of unbranched alkanes of at least 4 members (excludes halogenated alkanes) is 13. The van der Waals surface area contributed by atoms with Crippen LogP contribution in [0.1, 0.15) is 116 Å². The normalized spacial score (nSPS) is 15.2. The number of esters is 1. The molecule has 1 rings (SSSR count). The standard InChI is InChI=1S/C19H39NO2.C5H7NO3/c1-2-3-4-5-6-7-8-9-10-11-12-13-14-15-18-22-19(21)16-17-20;7-4-2-1-3(6-4)5(8)9/h2-18,20H2,1H3;3H,1-2H2,(H,6,7)(H,8,9). The Hall–Kier alpha value is -1.63. The van der Waals surface area contributed by atoms with E-state index in [0.717, 1.165) is 6.42 Å². The van der Waals surface area contributed by atoms with Gasteiger partial charge in [0.25, 0.3) is 0 Å². The molecule has 1 atom stereocenters. The fraction of sp³-hybridized carbons (Fsp3) is 0.875. The first kappa shape index (κ1) is 29.4. The molecule has 0 saturated carbocycles. The largest absolute Gasteiger partial charge is 0.480 e. The van der Waals surface area contributed by atoms with Crippen molar-refractivity contribution in [3.8, 4) is 0 Å². The summed E-state index contributed by atoms with van der Waals surface area (Å²) in [6, 6.07) is -0.641. The number of ether oxygens (including phenoxy) is 1. The van der Waals surface area contributed by atoms with E-state index in [-0.39, 0.29) is 11.9 Å². The van der Waals surface area contributed by atoms with Gasteiger partial charge in [0.05, 0.1) is 13.0 Å². The highest BCUT2D eigenvalue weighted by molar-refractivity contribution is 5.87. The SMILES string of the molecule is CCCCCCCCCCCCCCCCOC(=O)CCN.O=C1CCC(C(=O)O)N1. The first-order valence-electron chi connectivity index (χ1n) is 12.4. The molecule has 1 unspecified atom stereocenters. The zero-order valence-corrected chi connectivity index (χ0v) is 19.7. The predicted molar refractivity (Wildman–Crippen MR) is 124 cm³/mol. The minimum absolute atomic E-state index is 0.155. The maximum atomic E-state index is 11.1. The van der Waals surface area contributed by atoms with Crippen molar-refractivity contribution in [3.05, 3.63) is 0 Å². The first-order chi connectivity index (χ1) is 15.0. The number of hydrogen-bond donors (Lipinski definition) is 3. The van der Waals surface area contributed by atoms with Crippen LogP contribution < -0.4 is 11.1 Å². The Morgan fingerprint density at radius 3 is 1.77 bits per heavy atom. The van der Waals surface area contributed by atoms with Gasteiger partial charge in [-0.15, -0.1) is 0 Å². The lowest BCUT2D eigenvalue weighted by Crippen LogP contribution is -2.32. The lowest BCUT2D eigenvalue weighted by Gasteiger charge is -2.04. The van der Waals surface area contributed by atoms with Gasteiger partial charge in [-0.25, -0.2) is 4.79 Å². The van der Waals surface area contributed by atoms with E-state index in [0.29, 0.717) is 32.4 Å². The third-order valence-corrected chi connectivity index (χ3v) is 5.40. The molecule has 0 radical (unpaired) electrons. The van der Waals surface area contributed by atoms with Gasteiger partial charge in [0, 0.05) is 13.0 Å². The summed E-state index contributed by atoms with van der Waals surface area (Å²) in [6.07, 6.45) is 19.9. The summed E-state index contributed by atoms with van der Waals surface area (Å²) in [5.74, 6) is -1.26. The first-order valence-corrected chi connectivity index (χ1v) is 12.4. The van der Waals surface area contributed by atoms with Crippen LogP contribution in [0.4, 0.5) is 0 Å². The Kier molecular flexibility index (Phi) is 20.5. The Bertz CT molecular complexity index is 471. The van der Waals surface area contributed by atoms with Crippen LogP contribution in [0.15, 0.2) is 0 Å². The molecule has 0 spiro atoms. The molecular weight excluding hydrogens is 396 g/mol. The highest BCUT2D eigenvalue weighted by Crippen LogP contribution is 2.13. The summed E-state index contributed by atoms with van der Waals surface area (Å²) in [5, 5.41) is 10.6. The van der Waals surface area contributed by atoms with Gasteiger partial charge in [-0.05, 0) is 12.8 Å². The molecule has 7 nitrogen and oxygen atoms in total. The molecule has 182 valence electrons. The molecule has 1 aliphatic rings. The molecule has 1 saturated heterocycles. The van der Waals surface area contributed by atoms with Crippen LogP contribution in [-0.4, -0.2) is 42.1 Å². The maximum Gasteiger partial charge on any atom is 0.326 e. The molecule has 1 amide bonds. The van der Waals surface area contributed by atoms with Crippen molar-refractivity contribution in [1.82, 2.24) is 5.32 Å². The second-order valence-corrected chi connectivity index (χ2v) is 8.35. The van der Waals surface area contributed by atoms with Crippen molar-refractivity contribution >= 4 is 17.8 Å². The zero-order chi connectivity index (χ0) is 23.2. The lowest BCUT2D eigenvalue weighted by atomic mass is 10.0. The number of carbonyl (C=O) groups excluding carboxylic acids is 2. The predicted octanol–water partition coefficient (Wildman–Crippen LogP) is 4.71. The van der Waals surface area contributed by atoms with Gasteiger partial charge in [-0.3, -0.25) is 9.59 Å². The average molecular weight is 443 g/mol. The van der Waals surface area contributed by atoms with Crippen LogP contribution in [0.25, 0.3) is 0 Å². The number of amides is 1. The van der Waals surface area contributed by atoms with Crippen LogP contribution in [0, 0.1) is 0 Å². The Morgan fingerprint density at radius 2 is 1.42 bits per heavy atom. The van der Waals surface area contributed by atoms with Crippen molar-refractivity contribution in [2.24, 2.45) is 5.73 Å². The number of carboxylic acids is 1. The summed E-state index contributed by atoms with van der Waals surface area (Å²) < 4.78 is 5.07. The summed E-state index contributed by atoms with van der Waals surface area (Å²) in [5.41, 5.74) is 5.28. The lowest BCUT2D eigenvalue weighted by molar-refractivity contribution is -0.143. The van der Waals surface area contributed by atoms with Crippen LogP contribution in [-0.2, 0) is 19.1 Å². The van der Waals surface area contributed by atoms with Gasteiger partial charge in [0.1, 0.15) is 6.04 Å². The molecule has 7 heteroatoms. The molecule has 0 bridgehead atoms. The number of nitrogens with two attached hydrogens (primary N) is 1. The topological polar surface area (TPSA) is 119 Å². The van der Waals surface area contributed by atoms with E-state index in [1.165, 1.54) is 83.5 Å². The number of carboxylic acid groups (broad SMARTS) is 1. The highest BCUT2D eigenvalue weighted by Gasteiger charge is 2.26. The molecule has 4 N–H and O–H groups in total. The minimum Gasteiger partial charge on any atom is -0.480 e. The Morgan fingerprint density at radius 1 is 0.935 bits per heavy atom. The minimum atomic E-state index is -0.944. The summed E-state index contributed by atoms with van der Waals surface area (Å²) in [6.45, 7) is 3.23. The number of rotatable bonds is 18. The van der Waals surface area contributed by atoms with E-state index in [2.05, 4.69) is 12.2 Å². The smallest absolute Gasteiger partial charge is 0.326 e. The van der Waals surface area contributed by atoms with Crippen molar-refractivity contribution in [2.75, 3.05) is 13.2 Å². The summed E-state index contributed by atoms with van der Waals surface area (Å²) in [4.78, 5) is 31.6. The van der Waals surface area contributed by atoms with E-state index in [9.17, 15) is 14.4 Å². The van der Waals surface area contributed by atoms with Crippen LogP contribution in [0.2, 0.25) is 0 Å². The maximum absolute atomic E-state index is 11.1. The van der Waals surface area contributed by atoms with Gasteiger partial charge in [-0.1, -0.05) is 90.4 Å². The average Bonchev–Trinajstić information content (AvgIpc) is 3.18. The molecule has 31 heavy (non-hydrogen) atoms. The number of aliphatic carboxylic acids is 1. The Balaban J connectivity index is 0.000000823. The second kappa shape index (κ2) is 21.6. The van der Waals surface area contributed by atoms with E-state index in [1.807, 2.05) is 0 Å². The summed E-state index contributed by atoms with van der Waals surface area (Å²) >= 11 is 0. The third-order valence-electron chi connectivity index (χ3n) is 5.40. The quantitative estimate of drug-likeness (QED) is 0.209. The second-order valence-electron chi connectivity index (χ2n) is 8.35. The van der Waals surface area contributed by atoms with Gasteiger partial charge in [0.2, 0.25) is 5.91 Å². The molecule has 0 aliphatic carbocycles. The molecule has 0 aromatic rings. The highest BCUT2D eigenvalue weighted by atomic mass is 16.5. The van der Waals surface area contributed by atoms with Gasteiger partial charge >= 0.3 is 11.9 Å². The van der Waals surface area contributed by atoms with Crippen molar-refractivity contribution < 1.29 is 24.2 Å². The molecule has 0 aromatic carbocycles. The molecular formula is C24H46N2O5. The number of carbonyl (C=O) groups is 3. The van der Waals surface area contributed by atoms with Gasteiger partial charge in [-0.2, -0.15) is 0 Å². The Labute approximate surface area is 188 Å².